The largest absolute Gasteiger partial charge is 0.456 e. The lowest BCUT2D eigenvalue weighted by Crippen LogP contribution is -2.11. The van der Waals surface area contributed by atoms with Crippen LogP contribution in [0.4, 0.5) is 17.1 Å². The molecule has 0 saturated carbocycles. The lowest BCUT2D eigenvalue weighted by molar-refractivity contribution is 0.669. The van der Waals surface area contributed by atoms with Crippen molar-refractivity contribution in [3.05, 3.63) is 200 Å². The molecule has 0 amide bonds. The molecular weight excluding hydrogens is 631 g/mol. The van der Waals surface area contributed by atoms with Crippen LogP contribution in [0, 0.1) is 0 Å². The Bertz CT molecular complexity index is 2910. The first-order chi connectivity index (χ1) is 25.8. The van der Waals surface area contributed by atoms with Gasteiger partial charge in [-0.1, -0.05) is 152 Å². The molecule has 0 aliphatic heterocycles. The highest BCUT2D eigenvalue weighted by Crippen LogP contribution is 2.46. The highest BCUT2D eigenvalue weighted by molar-refractivity contribution is 6.16. The summed E-state index contributed by atoms with van der Waals surface area (Å²) in [7, 11) is 0. The van der Waals surface area contributed by atoms with Gasteiger partial charge in [0.15, 0.2) is 0 Å². The third-order valence-electron chi connectivity index (χ3n) is 10.2. The molecule has 0 fully saturated rings. The molecule has 0 saturated heterocycles. The summed E-state index contributed by atoms with van der Waals surface area (Å²) in [4.78, 5) is 2.41. The zero-order valence-corrected chi connectivity index (χ0v) is 28.4. The highest BCUT2D eigenvalue weighted by atomic mass is 16.3. The Morgan fingerprint density at radius 1 is 0.327 bits per heavy atom. The predicted octanol–water partition coefficient (Wildman–Crippen LogP) is 14.4. The molecule has 10 aromatic rings. The van der Waals surface area contributed by atoms with Crippen LogP contribution < -0.4 is 4.90 Å². The molecule has 0 radical (unpaired) electrons. The van der Waals surface area contributed by atoms with E-state index in [0.29, 0.717) is 0 Å². The Kier molecular flexibility index (Phi) is 7.18. The SMILES string of the molecule is c1ccc(-c2cccc(N(c3cccc(-c4cccc5ccccc45)c3)c3ccccc3-c3cccc4oc5cc6ccccc6cc5c34)c2)cc1. The van der Waals surface area contributed by atoms with Gasteiger partial charge in [0.2, 0.25) is 0 Å². The Balaban J connectivity index is 1.22. The minimum Gasteiger partial charge on any atom is -0.456 e. The lowest BCUT2D eigenvalue weighted by Gasteiger charge is -2.29. The minimum atomic E-state index is 0.883. The molecule has 0 aliphatic carbocycles. The van der Waals surface area contributed by atoms with E-state index in [1.54, 1.807) is 0 Å². The van der Waals surface area contributed by atoms with Gasteiger partial charge in [0.1, 0.15) is 11.2 Å². The summed E-state index contributed by atoms with van der Waals surface area (Å²) in [5, 5.41) is 7.09. The van der Waals surface area contributed by atoms with Crippen molar-refractivity contribution < 1.29 is 4.42 Å². The van der Waals surface area contributed by atoms with Gasteiger partial charge in [-0.05, 0) is 97.9 Å². The van der Waals surface area contributed by atoms with Gasteiger partial charge < -0.3 is 9.32 Å². The van der Waals surface area contributed by atoms with Gasteiger partial charge in [0.05, 0.1) is 5.69 Å². The molecule has 0 bridgehead atoms. The number of fused-ring (bicyclic) bond motifs is 5. The number of hydrogen-bond donors (Lipinski definition) is 0. The summed E-state index contributed by atoms with van der Waals surface area (Å²) in [5.41, 5.74) is 12.0. The summed E-state index contributed by atoms with van der Waals surface area (Å²) in [6.45, 7) is 0. The summed E-state index contributed by atoms with van der Waals surface area (Å²) < 4.78 is 6.54. The molecule has 9 aromatic carbocycles. The Morgan fingerprint density at radius 3 is 1.75 bits per heavy atom. The molecule has 1 aromatic heterocycles. The van der Waals surface area contributed by atoms with Crippen LogP contribution in [0.25, 0.3) is 76.9 Å². The van der Waals surface area contributed by atoms with Crippen LogP contribution in [0.5, 0.6) is 0 Å². The van der Waals surface area contributed by atoms with Crippen molar-refractivity contribution in [1.29, 1.82) is 0 Å². The van der Waals surface area contributed by atoms with Gasteiger partial charge in [-0.3, -0.25) is 0 Å². The molecule has 10 rings (SSSR count). The van der Waals surface area contributed by atoms with Crippen LogP contribution in [0.3, 0.4) is 0 Å². The number of nitrogens with zero attached hydrogens (tertiary/aromatic N) is 1. The van der Waals surface area contributed by atoms with Crippen LogP contribution in [0.15, 0.2) is 205 Å². The zero-order chi connectivity index (χ0) is 34.4. The Hall–Kier alpha value is -6.90. The van der Waals surface area contributed by atoms with Crippen LogP contribution in [-0.4, -0.2) is 0 Å². The van der Waals surface area contributed by atoms with E-state index >= 15 is 0 Å². The van der Waals surface area contributed by atoms with Gasteiger partial charge in [-0.2, -0.15) is 0 Å². The normalized spacial score (nSPS) is 11.5. The van der Waals surface area contributed by atoms with Crippen molar-refractivity contribution in [2.75, 3.05) is 4.90 Å². The second kappa shape index (κ2) is 12.5. The van der Waals surface area contributed by atoms with E-state index in [2.05, 4.69) is 205 Å². The molecular formula is C50H33NO. The van der Waals surface area contributed by atoms with Gasteiger partial charge in [0.25, 0.3) is 0 Å². The molecule has 0 unspecified atom stereocenters. The maximum atomic E-state index is 6.54. The van der Waals surface area contributed by atoms with E-state index in [0.717, 1.165) is 50.1 Å². The number of hydrogen-bond acceptors (Lipinski definition) is 2. The molecule has 52 heavy (non-hydrogen) atoms. The molecule has 0 spiro atoms. The summed E-state index contributed by atoms with van der Waals surface area (Å²) >= 11 is 0. The topological polar surface area (TPSA) is 16.4 Å². The van der Waals surface area contributed by atoms with Gasteiger partial charge >= 0.3 is 0 Å². The van der Waals surface area contributed by atoms with E-state index < -0.39 is 0 Å². The Labute approximate surface area is 302 Å². The molecule has 244 valence electrons. The first-order valence-electron chi connectivity index (χ1n) is 17.8. The summed E-state index contributed by atoms with van der Waals surface area (Å²) in [6.07, 6.45) is 0. The van der Waals surface area contributed by atoms with Crippen LogP contribution in [-0.2, 0) is 0 Å². The van der Waals surface area contributed by atoms with Crippen LogP contribution >= 0.6 is 0 Å². The predicted molar refractivity (Wildman–Crippen MR) is 220 cm³/mol. The maximum Gasteiger partial charge on any atom is 0.136 e. The van der Waals surface area contributed by atoms with E-state index in [-0.39, 0.29) is 0 Å². The number of rotatable bonds is 6. The lowest BCUT2D eigenvalue weighted by atomic mass is 9.95. The van der Waals surface area contributed by atoms with Gasteiger partial charge in [-0.15, -0.1) is 0 Å². The number of benzene rings is 9. The molecule has 1 heterocycles. The van der Waals surface area contributed by atoms with Crippen LogP contribution in [0.2, 0.25) is 0 Å². The standard InChI is InChI=1S/C50H33NO/c1-2-14-34(15-3-1)36-20-10-22-40(30-36)51(41-23-11-21-39(31-41)43-26-12-19-35-16-6-7-24-42(35)43)47-28-9-8-25-44(47)45-27-13-29-48-50(45)46-32-37-17-4-5-18-38(37)33-49(46)52-48/h1-33H. The van der Waals surface area contributed by atoms with E-state index in [1.165, 1.54) is 43.8 Å². The fourth-order valence-electron chi connectivity index (χ4n) is 7.80. The number of furan rings is 1. The third-order valence-corrected chi connectivity index (χ3v) is 10.2. The fourth-order valence-corrected chi connectivity index (χ4v) is 7.80. The highest BCUT2D eigenvalue weighted by Gasteiger charge is 2.21. The Morgan fingerprint density at radius 2 is 0.904 bits per heavy atom. The fraction of sp³-hybridized carbons (Fsp3) is 0. The maximum absolute atomic E-state index is 6.54. The molecule has 0 atom stereocenters. The average molecular weight is 664 g/mol. The van der Waals surface area contributed by atoms with Crippen molar-refractivity contribution in [3.63, 3.8) is 0 Å². The minimum absolute atomic E-state index is 0.883. The molecule has 0 aliphatic rings. The monoisotopic (exact) mass is 663 g/mol. The van der Waals surface area contributed by atoms with Crippen molar-refractivity contribution in [3.8, 4) is 33.4 Å². The first kappa shape index (κ1) is 30.0. The summed E-state index contributed by atoms with van der Waals surface area (Å²) in [6, 6.07) is 71.8. The van der Waals surface area contributed by atoms with E-state index in [4.69, 9.17) is 4.42 Å². The van der Waals surface area contributed by atoms with E-state index in [1.807, 2.05) is 0 Å². The van der Waals surface area contributed by atoms with Crippen LogP contribution in [0.1, 0.15) is 0 Å². The van der Waals surface area contributed by atoms with Crippen molar-refractivity contribution in [2.45, 2.75) is 0 Å². The van der Waals surface area contributed by atoms with E-state index in [9.17, 15) is 0 Å². The third kappa shape index (κ3) is 5.12. The molecule has 2 nitrogen and oxygen atoms in total. The summed E-state index contributed by atoms with van der Waals surface area (Å²) in [5.74, 6) is 0. The second-order valence-electron chi connectivity index (χ2n) is 13.3. The number of anilines is 3. The number of para-hydroxylation sites is 1. The van der Waals surface area contributed by atoms with Crippen molar-refractivity contribution in [2.24, 2.45) is 0 Å². The first-order valence-corrected chi connectivity index (χ1v) is 17.8. The molecule has 2 heteroatoms. The average Bonchev–Trinajstić information content (AvgIpc) is 3.58. The van der Waals surface area contributed by atoms with Crippen molar-refractivity contribution in [1.82, 2.24) is 0 Å². The zero-order valence-electron chi connectivity index (χ0n) is 28.4. The van der Waals surface area contributed by atoms with Gasteiger partial charge in [0, 0.05) is 27.7 Å². The smallest absolute Gasteiger partial charge is 0.136 e. The second-order valence-corrected chi connectivity index (χ2v) is 13.3. The quantitative estimate of drug-likeness (QED) is 0.176. The molecule has 0 N–H and O–H groups in total. The van der Waals surface area contributed by atoms with Crippen molar-refractivity contribution >= 4 is 60.5 Å². The van der Waals surface area contributed by atoms with Gasteiger partial charge in [-0.25, -0.2) is 0 Å².